The molecule has 68 valence electrons. The summed E-state index contributed by atoms with van der Waals surface area (Å²) in [5.74, 6) is -0.0852. The van der Waals surface area contributed by atoms with Crippen molar-refractivity contribution in [1.29, 1.82) is 0 Å². The Bertz CT molecular complexity index is 208. The molecule has 0 aromatic heterocycles. The van der Waals surface area contributed by atoms with Gasteiger partial charge in [-0.05, 0) is 6.42 Å². The van der Waals surface area contributed by atoms with Gasteiger partial charge in [0.05, 0.1) is 5.25 Å². The molecule has 4 nitrogen and oxygen atoms in total. The summed E-state index contributed by atoms with van der Waals surface area (Å²) < 4.78 is 0. The third kappa shape index (κ3) is 1.61. The number of carbonyl (C=O) groups is 2. The first kappa shape index (κ1) is 9.54. The summed E-state index contributed by atoms with van der Waals surface area (Å²) in [6.45, 7) is 2.59. The maximum atomic E-state index is 11.4. The third-order valence-electron chi connectivity index (χ3n) is 1.73. The number of imide groups is 1. The van der Waals surface area contributed by atoms with Gasteiger partial charge in [0.2, 0.25) is 5.91 Å². The molecule has 12 heavy (non-hydrogen) atoms. The van der Waals surface area contributed by atoms with Gasteiger partial charge in [0.15, 0.2) is 0 Å². The normalized spacial score (nSPS) is 23.8. The van der Waals surface area contributed by atoms with Crippen molar-refractivity contribution in [3.05, 3.63) is 0 Å². The molecule has 0 aliphatic carbocycles. The number of nitrogens with zero attached hydrogens (tertiary/aromatic N) is 1. The Balaban J connectivity index is 2.64. The Labute approximate surface area is 75.5 Å². The van der Waals surface area contributed by atoms with E-state index in [0.29, 0.717) is 19.5 Å². The van der Waals surface area contributed by atoms with Crippen molar-refractivity contribution in [2.75, 3.05) is 13.1 Å². The lowest BCUT2D eigenvalue weighted by Gasteiger charge is -2.10. The minimum absolute atomic E-state index is 0.0852. The number of amides is 2. The van der Waals surface area contributed by atoms with E-state index >= 15 is 0 Å². The molecule has 1 aliphatic rings. The number of thioether (sulfide) groups is 1. The number of rotatable bonds is 3. The zero-order valence-electron chi connectivity index (χ0n) is 6.95. The van der Waals surface area contributed by atoms with Crippen LogP contribution in [-0.4, -0.2) is 34.4 Å². The van der Waals surface area contributed by atoms with Crippen molar-refractivity contribution in [2.24, 2.45) is 5.73 Å². The zero-order valence-corrected chi connectivity index (χ0v) is 7.76. The molecule has 0 spiro atoms. The largest absolute Gasteiger partial charge is 0.329 e. The molecule has 2 amide bonds. The maximum absolute atomic E-state index is 11.4. The van der Waals surface area contributed by atoms with Gasteiger partial charge in [-0.25, -0.2) is 0 Å². The van der Waals surface area contributed by atoms with Gasteiger partial charge in [0.25, 0.3) is 5.24 Å². The summed E-state index contributed by atoms with van der Waals surface area (Å²) in [5.41, 5.74) is 5.26. The van der Waals surface area contributed by atoms with E-state index in [1.165, 1.54) is 4.90 Å². The quantitative estimate of drug-likeness (QED) is 0.697. The first-order valence-electron chi connectivity index (χ1n) is 3.92. The predicted molar refractivity (Wildman–Crippen MR) is 47.8 cm³/mol. The summed E-state index contributed by atoms with van der Waals surface area (Å²) in [4.78, 5) is 23.8. The van der Waals surface area contributed by atoms with E-state index in [1.807, 2.05) is 6.92 Å². The molecule has 1 atom stereocenters. The lowest BCUT2D eigenvalue weighted by molar-refractivity contribution is -0.126. The van der Waals surface area contributed by atoms with Crippen LogP contribution in [0.3, 0.4) is 0 Å². The zero-order chi connectivity index (χ0) is 9.14. The van der Waals surface area contributed by atoms with Crippen LogP contribution in [0.4, 0.5) is 4.79 Å². The van der Waals surface area contributed by atoms with Crippen LogP contribution >= 0.6 is 11.8 Å². The average molecular weight is 188 g/mol. The van der Waals surface area contributed by atoms with Crippen molar-refractivity contribution < 1.29 is 9.59 Å². The van der Waals surface area contributed by atoms with Gasteiger partial charge in [-0.2, -0.15) is 0 Å². The minimum Gasteiger partial charge on any atom is -0.329 e. The molecule has 1 fully saturated rings. The van der Waals surface area contributed by atoms with Gasteiger partial charge in [-0.1, -0.05) is 18.7 Å². The molecule has 0 bridgehead atoms. The van der Waals surface area contributed by atoms with E-state index in [9.17, 15) is 9.59 Å². The lowest BCUT2D eigenvalue weighted by Crippen LogP contribution is -2.35. The molecule has 2 N–H and O–H groups in total. The Morgan fingerprint density at radius 2 is 2.25 bits per heavy atom. The Morgan fingerprint density at radius 3 is 2.67 bits per heavy atom. The minimum atomic E-state index is -0.177. The van der Waals surface area contributed by atoms with Crippen LogP contribution in [0.1, 0.15) is 13.3 Å². The van der Waals surface area contributed by atoms with Gasteiger partial charge in [-0.15, -0.1) is 0 Å². The van der Waals surface area contributed by atoms with E-state index in [-0.39, 0.29) is 16.4 Å². The summed E-state index contributed by atoms with van der Waals surface area (Å²) in [5, 5.41) is -0.332. The molecular formula is C7H12N2O2S. The number of nitrogens with two attached hydrogens (primary N) is 1. The average Bonchev–Trinajstić information content (AvgIpc) is 2.32. The first-order chi connectivity index (χ1) is 5.70. The van der Waals surface area contributed by atoms with Gasteiger partial charge in [-0.3, -0.25) is 14.5 Å². The Morgan fingerprint density at radius 1 is 1.58 bits per heavy atom. The highest BCUT2D eigenvalue weighted by Gasteiger charge is 2.37. The maximum Gasteiger partial charge on any atom is 0.289 e. The number of hydrogen-bond acceptors (Lipinski definition) is 4. The molecular weight excluding hydrogens is 176 g/mol. The van der Waals surface area contributed by atoms with Crippen molar-refractivity contribution in [3.63, 3.8) is 0 Å². The summed E-state index contributed by atoms with van der Waals surface area (Å²) in [6.07, 6.45) is 0.705. The molecule has 0 aromatic carbocycles. The molecule has 0 unspecified atom stereocenters. The second-order valence-corrected chi connectivity index (χ2v) is 3.71. The standard InChI is InChI=1S/C7H12N2O2S/c1-2-5-6(10)9(4-3-8)7(11)12-5/h5H,2-4,8H2,1H3/t5-/m1/s1. The van der Waals surface area contributed by atoms with Gasteiger partial charge in [0, 0.05) is 13.1 Å². The molecule has 0 aromatic rings. The fraction of sp³-hybridized carbons (Fsp3) is 0.714. The van der Waals surface area contributed by atoms with Crippen LogP contribution in [0.2, 0.25) is 0 Å². The highest BCUT2D eigenvalue weighted by atomic mass is 32.2. The number of hydrogen-bond donors (Lipinski definition) is 1. The van der Waals surface area contributed by atoms with E-state index < -0.39 is 0 Å². The van der Waals surface area contributed by atoms with Crippen LogP contribution in [-0.2, 0) is 4.79 Å². The number of carbonyl (C=O) groups excluding carboxylic acids is 2. The molecule has 1 rings (SSSR count). The van der Waals surface area contributed by atoms with Gasteiger partial charge < -0.3 is 5.73 Å². The van der Waals surface area contributed by atoms with Crippen LogP contribution in [0.5, 0.6) is 0 Å². The fourth-order valence-electron chi connectivity index (χ4n) is 1.09. The van der Waals surface area contributed by atoms with Gasteiger partial charge in [0.1, 0.15) is 0 Å². The van der Waals surface area contributed by atoms with E-state index in [4.69, 9.17) is 5.73 Å². The SMILES string of the molecule is CC[C@H]1SC(=O)N(CCN)C1=O. The lowest BCUT2D eigenvalue weighted by atomic mass is 10.3. The van der Waals surface area contributed by atoms with Gasteiger partial charge >= 0.3 is 0 Å². The van der Waals surface area contributed by atoms with E-state index in [0.717, 1.165) is 11.8 Å². The topological polar surface area (TPSA) is 63.4 Å². The molecule has 1 heterocycles. The monoisotopic (exact) mass is 188 g/mol. The molecule has 1 saturated heterocycles. The van der Waals surface area contributed by atoms with Crippen LogP contribution in [0, 0.1) is 0 Å². The van der Waals surface area contributed by atoms with E-state index in [1.54, 1.807) is 0 Å². The second-order valence-electron chi connectivity index (χ2n) is 2.56. The molecule has 1 aliphatic heterocycles. The Hall–Kier alpha value is -0.550. The first-order valence-corrected chi connectivity index (χ1v) is 4.80. The summed E-state index contributed by atoms with van der Waals surface area (Å²) in [6, 6.07) is 0. The van der Waals surface area contributed by atoms with Crippen LogP contribution < -0.4 is 5.73 Å². The summed E-state index contributed by atoms with van der Waals surface area (Å²) in [7, 11) is 0. The van der Waals surface area contributed by atoms with E-state index in [2.05, 4.69) is 0 Å². The smallest absolute Gasteiger partial charge is 0.289 e. The second kappa shape index (κ2) is 3.91. The van der Waals surface area contributed by atoms with Crippen molar-refractivity contribution >= 4 is 22.9 Å². The third-order valence-corrected chi connectivity index (χ3v) is 2.97. The molecule has 5 heteroatoms. The Kier molecular flexibility index (Phi) is 3.11. The van der Waals surface area contributed by atoms with Crippen molar-refractivity contribution in [1.82, 2.24) is 4.90 Å². The highest BCUT2D eigenvalue weighted by molar-refractivity contribution is 8.15. The van der Waals surface area contributed by atoms with Crippen molar-refractivity contribution in [3.8, 4) is 0 Å². The van der Waals surface area contributed by atoms with Crippen LogP contribution in [0.15, 0.2) is 0 Å². The summed E-state index contributed by atoms with van der Waals surface area (Å²) >= 11 is 1.10. The van der Waals surface area contributed by atoms with Crippen molar-refractivity contribution in [2.45, 2.75) is 18.6 Å². The fourth-order valence-corrected chi connectivity index (χ4v) is 2.03. The van der Waals surface area contributed by atoms with Crippen LogP contribution in [0.25, 0.3) is 0 Å². The highest BCUT2D eigenvalue weighted by Crippen LogP contribution is 2.28. The molecule has 0 radical (unpaired) electrons. The molecule has 0 saturated carbocycles. The predicted octanol–water partition coefficient (Wildman–Crippen LogP) is 0.419.